The van der Waals surface area contributed by atoms with Crippen molar-refractivity contribution in [2.45, 2.75) is 56.8 Å². The summed E-state index contributed by atoms with van der Waals surface area (Å²) < 4.78 is 7.04. The zero-order valence-corrected chi connectivity index (χ0v) is 19.0. The van der Waals surface area contributed by atoms with E-state index in [1.165, 1.54) is 10.4 Å². The Kier molecular flexibility index (Phi) is 5.75. The monoisotopic (exact) mass is 424 g/mol. The van der Waals surface area contributed by atoms with Crippen molar-refractivity contribution >= 4 is 24.8 Å². The largest absolute Gasteiger partial charge is 0.465 e. The maximum Gasteiger partial charge on any atom is 0.407 e. The highest BCUT2D eigenvalue weighted by Crippen LogP contribution is 2.38. The van der Waals surface area contributed by atoms with E-state index in [4.69, 9.17) is 4.43 Å². The van der Waals surface area contributed by atoms with Crippen molar-refractivity contribution in [1.82, 2.24) is 10.2 Å². The number of carboxylic acid groups (broad SMARTS) is 1. The van der Waals surface area contributed by atoms with Gasteiger partial charge in [0.25, 0.3) is 8.32 Å². The van der Waals surface area contributed by atoms with Gasteiger partial charge in [0.1, 0.15) is 0 Å². The van der Waals surface area contributed by atoms with Gasteiger partial charge >= 0.3 is 6.09 Å². The number of carbonyl (C=O) groups is 1. The molecule has 2 fully saturated rings. The van der Waals surface area contributed by atoms with Gasteiger partial charge in [0.15, 0.2) is 0 Å². The normalized spacial score (nSPS) is 24.1. The van der Waals surface area contributed by atoms with Gasteiger partial charge in [-0.2, -0.15) is 0 Å². The molecule has 2 bridgehead atoms. The van der Waals surface area contributed by atoms with Crippen LogP contribution in [0.1, 0.15) is 33.6 Å². The molecule has 160 valence electrons. The summed E-state index contributed by atoms with van der Waals surface area (Å²) in [5.74, 6) is 0. The van der Waals surface area contributed by atoms with E-state index in [-0.39, 0.29) is 23.2 Å². The molecule has 0 aliphatic carbocycles. The highest BCUT2D eigenvalue weighted by molar-refractivity contribution is 6.99. The molecule has 0 spiro atoms. The van der Waals surface area contributed by atoms with E-state index in [1.54, 1.807) is 4.90 Å². The zero-order chi connectivity index (χ0) is 21.4. The average molecular weight is 425 g/mol. The molecule has 3 atom stereocenters. The Morgan fingerprint density at radius 1 is 1.07 bits per heavy atom. The third-order valence-corrected chi connectivity index (χ3v) is 11.7. The van der Waals surface area contributed by atoms with Gasteiger partial charge in [0.2, 0.25) is 0 Å². The number of rotatable bonds is 5. The molecule has 1 amide bonds. The van der Waals surface area contributed by atoms with Crippen LogP contribution in [0.25, 0.3) is 0 Å². The van der Waals surface area contributed by atoms with E-state index in [0.29, 0.717) is 13.2 Å². The number of piperazine rings is 1. The Labute approximate surface area is 180 Å². The molecule has 2 saturated heterocycles. The maximum atomic E-state index is 11.8. The van der Waals surface area contributed by atoms with E-state index in [2.05, 4.69) is 74.6 Å². The van der Waals surface area contributed by atoms with Gasteiger partial charge in [-0.1, -0.05) is 81.4 Å². The van der Waals surface area contributed by atoms with Crippen LogP contribution < -0.4 is 15.7 Å². The molecule has 4 rings (SSSR count). The second-order valence-corrected chi connectivity index (χ2v) is 13.8. The molecule has 0 radical (unpaired) electrons. The van der Waals surface area contributed by atoms with E-state index < -0.39 is 14.4 Å². The van der Waals surface area contributed by atoms with Crippen LogP contribution in [0, 0.1) is 0 Å². The topological polar surface area (TPSA) is 61.8 Å². The first-order chi connectivity index (χ1) is 14.3. The predicted molar refractivity (Wildman–Crippen MR) is 122 cm³/mol. The van der Waals surface area contributed by atoms with Gasteiger partial charge in [-0.15, -0.1) is 0 Å². The molecule has 5 nitrogen and oxygen atoms in total. The second kappa shape index (κ2) is 8.17. The highest BCUT2D eigenvalue weighted by atomic mass is 28.4. The number of nitrogens with zero attached hydrogens (tertiary/aromatic N) is 1. The molecule has 2 N–H and O–H groups in total. The summed E-state index contributed by atoms with van der Waals surface area (Å²) in [4.78, 5) is 13.5. The van der Waals surface area contributed by atoms with Gasteiger partial charge < -0.3 is 14.8 Å². The van der Waals surface area contributed by atoms with Crippen molar-refractivity contribution in [3.05, 3.63) is 60.7 Å². The lowest BCUT2D eigenvalue weighted by Gasteiger charge is -2.45. The molecule has 30 heavy (non-hydrogen) atoms. The maximum absolute atomic E-state index is 11.8. The van der Waals surface area contributed by atoms with E-state index in [0.717, 1.165) is 12.8 Å². The number of hydrogen-bond donors (Lipinski definition) is 2. The van der Waals surface area contributed by atoms with Crippen LogP contribution in [0.5, 0.6) is 0 Å². The fraction of sp³-hybridized carbons (Fsp3) is 0.458. The Morgan fingerprint density at radius 2 is 1.63 bits per heavy atom. The van der Waals surface area contributed by atoms with E-state index in [1.807, 2.05) is 12.1 Å². The summed E-state index contributed by atoms with van der Waals surface area (Å²) in [5.41, 5.74) is 0. The van der Waals surface area contributed by atoms with Gasteiger partial charge in [0.05, 0.1) is 12.6 Å². The van der Waals surface area contributed by atoms with Gasteiger partial charge in [-0.25, -0.2) is 4.79 Å². The summed E-state index contributed by atoms with van der Waals surface area (Å²) in [7, 11) is -2.62. The van der Waals surface area contributed by atoms with Crippen LogP contribution in [0.15, 0.2) is 60.7 Å². The van der Waals surface area contributed by atoms with Crippen molar-refractivity contribution in [3.63, 3.8) is 0 Å². The summed E-state index contributed by atoms with van der Waals surface area (Å²) in [5, 5.41) is 15.7. The molecule has 2 aliphatic rings. The fourth-order valence-electron chi connectivity index (χ4n) is 5.38. The first-order valence-corrected chi connectivity index (χ1v) is 12.7. The highest BCUT2D eigenvalue weighted by Gasteiger charge is 2.52. The predicted octanol–water partition coefficient (Wildman–Crippen LogP) is 3.05. The molecule has 2 aromatic carbocycles. The summed E-state index contributed by atoms with van der Waals surface area (Å²) >= 11 is 0. The second-order valence-electron chi connectivity index (χ2n) is 9.48. The first kappa shape index (κ1) is 21.1. The fourth-order valence-corrected chi connectivity index (χ4v) is 9.96. The Hall–Kier alpha value is -2.15. The summed E-state index contributed by atoms with van der Waals surface area (Å²) in [6, 6.07) is 21.3. The molecule has 2 aromatic rings. The summed E-state index contributed by atoms with van der Waals surface area (Å²) in [6.45, 7) is 8.01. The van der Waals surface area contributed by atoms with Crippen LogP contribution in [0.2, 0.25) is 5.04 Å². The van der Waals surface area contributed by atoms with E-state index >= 15 is 0 Å². The molecule has 2 aliphatic heterocycles. The van der Waals surface area contributed by atoms with Gasteiger partial charge in [-0.3, -0.25) is 4.90 Å². The number of benzene rings is 2. The van der Waals surface area contributed by atoms with Crippen LogP contribution >= 0.6 is 0 Å². The summed E-state index contributed by atoms with van der Waals surface area (Å²) in [6.07, 6.45) is 1.03. The Bertz CT molecular complexity index is 830. The number of nitrogens with one attached hydrogen (secondary N) is 1. The van der Waals surface area contributed by atoms with Crippen LogP contribution in [-0.2, 0) is 4.43 Å². The minimum absolute atomic E-state index is 0.0144. The molecular weight excluding hydrogens is 392 g/mol. The molecule has 6 heteroatoms. The lowest BCUT2D eigenvalue weighted by Crippen LogP contribution is -2.69. The van der Waals surface area contributed by atoms with Gasteiger partial charge in [0, 0.05) is 18.6 Å². The van der Waals surface area contributed by atoms with Crippen LogP contribution in [0.3, 0.4) is 0 Å². The molecule has 2 heterocycles. The zero-order valence-electron chi connectivity index (χ0n) is 18.0. The number of amides is 1. The molecule has 0 aromatic heterocycles. The number of hydrogen-bond acceptors (Lipinski definition) is 3. The lowest BCUT2D eigenvalue weighted by molar-refractivity contribution is 0.0769. The third kappa shape index (κ3) is 3.57. The lowest BCUT2D eigenvalue weighted by atomic mass is 10.1. The van der Waals surface area contributed by atoms with Crippen LogP contribution in [0.4, 0.5) is 4.79 Å². The minimum atomic E-state index is -2.62. The molecule has 0 saturated carbocycles. The first-order valence-electron chi connectivity index (χ1n) is 10.8. The van der Waals surface area contributed by atoms with Crippen LogP contribution in [-0.4, -0.2) is 55.7 Å². The minimum Gasteiger partial charge on any atom is -0.465 e. The number of fused-ring (bicyclic) bond motifs is 2. The Morgan fingerprint density at radius 3 is 2.13 bits per heavy atom. The van der Waals surface area contributed by atoms with Crippen molar-refractivity contribution in [2.24, 2.45) is 0 Å². The third-order valence-electron chi connectivity index (χ3n) is 6.74. The molecular formula is C24H32N2O3Si. The Balaban J connectivity index is 1.70. The van der Waals surface area contributed by atoms with Crippen molar-refractivity contribution in [3.8, 4) is 0 Å². The molecule has 3 unspecified atom stereocenters. The standard InChI is InChI=1S/C24H32N2O3Si/c1-24(2,3)30(19-10-6-4-7-11-19,20-12-8-5-9-13-20)29-17-21-22-15-14-18(16-25-21)26(22)23(27)28/h4-13,18,21-22,25H,14-17H2,1-3H3,(H,27,28). The smallest absolute Gasteiger partial charge is 0.407 e. The van der Waals surface area contributed by atoms with Crippen molar-refractivity contribution < 1.29 is 14.3 Å². The quantitative estimate of drug-likeness (QED) is 0.725. The van der Waals surface area contributed by atoms with Crippen molar-refractivity contribution in [2.75, 3.05) is 13.2 Å². The van der Waals surface area contributed by atoms with Gasteiger partial charge in [-0.05, 0) is 28.3 Å². The SMILES string of the molecule is CC(C)(C)[Si](OCC1NCC2CCC1N2C(=O)O)(c1ccccc1)c1ccccc1. The van der Waals surface area contributed by atoms with E-state index in [9.17, 15) is 9.90 Å². The average Bonchev–Trinajstić information content (AvgIpc) is 3.05. The van der Waals surface area contributed by atoms with Crippen molar-refractivity contribution in [1.29, 1.82) is 0 Å².